The average molecular weight is 476 g/mol. The maximum absolute atomic E-state index is 13.1. The predicted molar refractivity (Wildman–Crippen MR) is 110 cm³/mol. The Balaban J connectivity index is 1.48. The minimum atomic E-state index is -1.39. The largest absolute Gasteiger partial charge is 0.459 e. The molecule has 1 aromatic rings. The highest BCUT2D eigenvalue weighted by atomic mass is 16.7. The maximum Gasteiger partial charge on any atom is 0.345 e. The van der Waals surface area contributed by atoms with Gasteiger partial charge in [0.1, 0.15) is 41.5 Å². The van der Waals surface area contributed by atoms with E-state index in [2.05, 4.69) is 0 Å². The van der Waals surface area contributed by atoms with E-state index in [9.17, 15) is 14.4 Å². The van der Waals surface area contributed by atoms with E-state index < -0.39 is 65.0 Å². The van der Waals surface area contributed by atoms with Crippen LogP contribution < -0.4 is 0 Å². The number of furan rings is 1. The number of hydrogen-bond acceptors (Lipinski definition) is 10. The molecule has 5 aliphatic heterocycles. The molecule has 0 radical (unpaired) electrons. The highest BCUT2D eigenvalue weighted by Gasteiger charge is 2.79. The third kappa shape index (κ3) is 3.15. The fraction of sp³-hybridized carbons (Fsp3) is 0.708. The predicted octanol–water partition coefficient (Wildman–Crippen LogP) is 2.22. The first-order chi connectivity index (χ1) is 16.0. The van der Waals surface area contributed by atoms with E-state index in [1.807, 2.05) is 26.8 Å². The van der Waals surface area contributed by atoms with Gasteiger partial charge in [-0.3, -0.25) is 9.59 Å². The van der Waals surface area contributed by atoms with Crippen molar-refractivity contribution in [1.29, 1.82) is 0 Å². The second kappa shape index (κ2) is 6.83. The van der Waals surface area contributed by atoms with Crippen molar-refractivity contribution in [2.45, 2.75) is 94.8 Å². The molecule has 0 saturated carbocycles. The molecule has 34 heavy (non-hydrogen) atoms. The van der Waals surface area contributed by atoms with Gasteiger partial charge in [-0.15, -0.1) is 0 Å². The van der Waals surface area contributed by atoms with Crippen LogP contribution in [0.25, 0.3) is 0 Å². The van der Waals surface area contributed by atoms with Crippen LogP contribution in [0.4, 0.5) is 0 Å². The molecule has 0 amide bonds. The molecule has 4 unspecified atom stereocenters. The van der Waals surface area contributed by atoms with Crippen LogP contribution in [0.3, 0.4) is 0 Å². The standard InChI is InChI=1S/C24H28O10/c1-10-6-14-19-22(4,33-19)8-15-20-24(34-20,21(27)32-15)16(29-11(2)25)7-13(23(5)9-28-23)18(17(10)31-14)30-12(3)26/h6,13,15-16,18-20H,7-9H2,1-5H3/t13?,15-,16?,18-,19+,20-,22+,23?,24?/m1/s1. The van der Waals surface area contributed by atoms with E-state index in [0.29, 0.717) is 24.5 Å². The first-order valence-electron chi connectivity index (χ1n) is 11.6. The second-order valence-corrected chi connectivity index (χ2v) is 10.6. The zero-order valence-electron chi connectivity index (χ0n) is 19.7. The van der Waals surface area contributed by atoms with Gasteiger partial charge in [-0.2, -0.15) is 0 Å². The summed E-state index contributed by atoms with van der Waals surface area (Å²) in [5.41, 5.74) is -1.87. The van der Waals surface area contributed by atoms with Crippen molar-refractivity contribution in [2.24, 2.45) is 5.92 Å². The summed E-state index contributed by atoms with van der Waals surface area (Å²) in [7, 11) is 0. The number of esters is 3. The van der Waals surface area contributed by atoms with Gasteiger partial charge in [0.05, 0.1) is 12.2 Å². The van der Waals surface area contributed by atoms with E-state index in [4.69, 9.17) is 32.8 Å². The maximum atomic E-state index is 13.1. The Hall–Kier alpha value is -2.43. The highest BCUT2D eigenvalue weighted by molar-refractivity contribution is 5.88. The molecule has 5 aliphatic rings. The molecule has 0 N–H and O–H groups in total. The Kier molecular flexibility index (Phi) is 4.43. The molecule has 9 atom stereocenters. The van der Waals surface area contributed by atoms with Crippen LogP contribution in [-0.4, -0.2) is 59.6 Å². The average Bonchev–Trinajstić information content (AvgIpc) is 3.67. The van der Waals surface area contributed by atoms with Crippen LogP contribution in [0.15, 0.2) is 10.5 Å². The number of rotatable bonds is 3. The van der Waals surface area contributed by atoms with Gasteiger partial charge in [-0.25, -0.2) is 4.79 Å². The van der Waals surface area contributed by atoms with Crippen molar-refractivity contribution in [3.63, 3.8) is 0 Å². The van der Waals surface area contributed by atoms with Crippen LogP contribution in [0, 0.1) is 12.8 Å². The minimum absolute atomic E-state index is 0.152. The summed E-state index contributed by atoms with van der Waals surface area (Å²) in [4.78, 5) is 37.4. The highest BCUT2D eigenvalue weighted by Crippen LogP contribution is 2.60. The Bertz CT molecular complexity index is 1090. The SMILES string of the molecule is CC(=O)OC1CC(C2(C)CO2)[C@@H](OC(C)=O)c2oc(cc2C)[C@@H]2O[C@@]2(C)C[C@H]2OC(=O)C13O[C@H]23. The smallest absolute Gasteiger partial charge is 0.345 e. The summed E-state index contributed by atoms with van der Waals surface area (Å²) in [5.74, 6) is -0.966. The van der Waals surface area contributed by atoms with Gasteiger partial charge in [0.2, 0.25) is 5.60 Å². The number of carbonyl (C=O) groups excluding carboxylic acids is 3. The third-order valence-electron chi connectivity index (χ3n) is 7.88. The Morgan fingerprint density at radius 3 is 2.41 bits per heavy atom. The minimum Gasteiger partial charge on any atom is -0.459 e. The molecule has 4 bridgehead atoms. The summed E-state index contributed by atoms with van der Waals surface area (Å²) < 4.78 is 41.2. The van der Waals surface area contributed by atoms with Gasteiger partial charge in [-0.05, 0) is 38.8 Å². The molecule has 10 heteroatoms. The normalized spacial score (nSPS) is 46.0. The topological polar surface area (TPSA) is 130 Å². The monoisotopic (exact) mass is 476 g/mol. The quantitative estimate of drug-likeness (QED) is 0.364. The van der Waals surface area contributed by atoms with Crippen molar-refractivity contribution >= 4 is 17.9 Å². The van der Waals surface area contributed by atoms with Crippen LogP contribution in [0.1, 0.15) is 69.8 Å². The van der Waals surface area contributed by atoms with E-state index in [0.717, 1.165) is 5.56 Å². The fourth-order valence-corrected chi connectivity index (χ4v) is 5.86. The zero-order chi connectivity index (χ0) is 24.2. The molecule has 0 aromatic carbocycles. The molecule has 184 valence electrons. The molecule has 4 saturated heterocycles. The first-order valence-corrected chi connectivity index (χ1v) is 11.6. The lowest BCUT2D eigenvalue weighted by Crippen LogP contribution is -2.44. The fourth-order valence-electron chi connectivity index (χ4n) is 5.86. The molecule has 10 nitrogen and oxygen atoms in total. The first kappa shape index (κ1) is 22.1. The van der Waals surface area contributed by atoms with Crippen LogP contribution in [0.2, 0.25) is 0 Å². The number of carbonyl (C=O) groups is 3. The van der Waals surface area contributed by atoms with E-state index in [-0.39, 0.29) is 12.5 Å². The van der Waals surface area contributed by atoms with Crippen LogP contribution in [-0.2, 0) is 42.8 Å². The van der Waals surface area contributed by atoms with Gasteiger partial charge in [0, 0.05) is 26.2 Å². The van der Waals surface area contributed by atoms with Crippen LogP contribution >= 0.6 is 0 Å². The van der Waals surface area contributed by atoms with Crippen molar-refractivity contribution < 1.29 is 47.2 Å². The number of epoxide rings is 3. The van der Waals surface area contributed by atoms with Crippen molar-refractivity contribution in [1.82, 2.24) is 0 Å². The van der Waals surface area contributed by atoms with E-state index in [1.165, 1.54) is 13.8 Å². The molecule has 6 heterocycles. The Labute approximate surface area is 196 Å². The number of hydrogen-bond donors (Lipinski definition) is 0. The molecular weight excluding hydrogens is 448 g/mol. The number of ether oxygens (including phenoxy) is 6. The summed E-state index contributed by atoms with van der Waals surface area (Å²) >= 11 is 0. The Morgan fingerprint density at radius 1 is 1.09 bits per heavy atom. The summed E-state index contributed by atoms with van der Waals surface area (Å²) in [6.45, 7) is 8.75. The Morgan fingerprint density at radius 2 is 1.79 bits per heavy atom. The lowest BCUT2D eigenvalue weighted by atomic mass is 9.79. The van der Waals surface area contributed by atoms with Gasteiger partial charge >= 0.3 is 17.9 Å². The van der Waals surface area contributed by atoms with Crippen molar-refractivity contribution in [3.05, 3.63) is 23.2 Å². The van der Waals surface area contributed by atoms with Gasteiger partial charge < -0.3 is 32.8 Å². The summed E-state index contributed by atoms with van der Waals surface area (Å²) in [5, 5.41) is 0. The molecule has 0 spiro atoms. The molecular formula is C24H28O10. The van der Waals surface area contributed by atoms with Gasteiger partial charge in [0.25, 0.3) is 0 Å². The zero-order valence-corrected chi connectivity index (χ0v) is 19.7. The lowest BCUT2D eigenvalue weighted by Gasteiger charge is -2.32. The molecule has 0 aliphatic carbocycles. The summed E-state index contributed by atoms with van der Waals surface area (Å²) in [6.07, 6.45) is -2.64. The molecule has 4 fully saturated rings. The van der Waals surface area contributed by atoms with Gasteiger partial charge in [0.15, 0.2) is 6.10 Å². The third-order valence-corrected chi connectivity index (χ3v) is 7.88. The lowest BCUT2D eigenvalue weighted by molar-refractivity contribution is -0.169. The number of aryl methyl sites for hydroxylation is 1. The number of fused-ring (bicyclic) bond motifs is 4. The summed E-state index contributed by atoms with van der Waals surface area (Å²) in [6, 6.07) is 1.89. The van der Waals surface area contributed by atoms with Gasteiger partial charge in [-0.1, -0.05) is 0 Å². The van der Waals surface area contributed by atoms with Crippen molar-refractivity contribution in [3.8, 4) is 0 Å². The van der Waals surface area contributed by atoms with E-state index >= 15 is 0 Å². The molecule has 1 aromatic heterocycles. The van der Waals surface area contributed by atoms with Crippen molar-refractivity contribution in [2.75, 3.05) is 6.61 Å². The van der Waals surface area contributed by atoms with Crippen LogP contribution in [0.5, 0.6) is 0 Å². The molecule has 6 rings (SSSR count). The second-order valence-electron chi connectivity index (χ2n) is 10.6. The van der Waals surface area contributed by atoms with E-state index in [1.54, 1.807) is 0 Å².